The van der Waals surface area contributed by atoms with E-state index >= 15 is 0 Å². The predicted octanol–water partition coefficient (Wildman–Crippen LogP) is 8.46. The number of allylic oxidation sites excluding steroid dienone is 2. The molecule has 0 saturated heterocycles. The number of rotatable bonds is 14. The van der Waals surface area contributed by atoms with Crippen molar-refractivity contribution in [2.45, 2.75) is 64.9 Å². The largest absolute Gasteiger partial charge is 0.379 e. The van der Waals surface area contributed by atoms with Gasteiger partial charge in [-0.2, -0.15) is 0 Å². The second kappa shape index (κ2) is 14.3. The van der Waals surface area contributed by atoms with Crippen LogP contribution < -0.4 is 0 Å². The molecule has 184 valence electrons. The molecule has 2 aromatic carbocycles. The van der Waals surface area contributed by atoms with Crippen molar-refractivity contribution < 1.29 is 9.13 Å². The molecular weight excluding hydrogens is 435 g/mol. The second-order valence-electron chi connectivity index (χ2n) is 8.94. The van der Waals surface area contributed by atoms with E-state index in [2.05, 4.69) is 42.5 Å². The second-order valence-corrected chi connectivity index (χ2v) is 8.94. The third-order valence-corrected chi connectivity index (χ3v) is 6.01. The van der Waals surface area contributed by atoms with Crippen molar-refractivity contribution in [1.29, 1.82) is 0 Å². The Kier molecular flexibility index (Phi) is 10.8. The SMILES string of the molecule is C=CCc1ccc(-c2ccc(-c3ncc(/C=C/CCCC(C)OCCCCC)cn3)cc2)cc1F. The van der Waals surface area contributed by atoms with E-state index in [-0.39, 0.29) is 5.82 Å². The first-order valence-electron chi connectivity index (χ1n) is 12.7. The monoisotopic (exact) mass is 472 g/mol. The van der Waals surface area contributed by atoms with Gasteiger partial charge in [-0.25, -0.2) is 14.4 Å². The van der Waals surface area contributed by atoms with E-state index in [0.717, 1.165) is 54.5 Å². The highest BCUT2D eigenvalue weighted by atomic mass is 19.1. The van der Waals surface area contributed by atoms with Crippen molar-refractivity contribution in [3.8, 4) is 22.5 Å². The Bertz CT molecular complexity index is 1070. The number of hydrogen-bond acceptors (Lipinski definition) is 3. The quantitative estimate of drug-likeness (QED) is 0.174. The van der Waals surface area contributed by atoms with Gasteiger partial charge in [0.25, 0.3) is 0 Å². The predicted molar refractivity (Wildman–Crippen MR) is 145 cm³/mol. The van der Waals surface area contributed by atoms with E-state index in [1.165, 1.54) is 12.8 Å². The minimum atomic E-state index is -0.205. The molecule has 0 bridgehead atoms. The summed E-state index contributed by atoms with van der Waals surface area (Å²) < 4.78 is 20.1. The smallest absolute Gasteiger partial charge is 0.159 e. The van der Waals surface area contributed by atoms with Crippen LogP contribution in [-0.2, 0) is 11.2 Å². The van der Waals surface area contributed by atoms with Gasteiger partial charge in [0.15, 0.2) is 5.82 Å². The van der Waals surface area contributed by atoms with Crippen LogP contribution in [0.25, 0.3) is 28.6 Å². The summed E-state index contributed by atoms with van der Waals surface area (Å²) in [6.45, 7) is 8.92. The lowest BCUT2D eigenvalue weighted by atomic mass is 10.0. The van der Waals surface area contributed by atoms with Crippen molar-refractivity contribution in [3.05, 3.63) is 90.5 Å². The zero-order valence-electron chi connectivity index (χ0n) is 21.1. The van der Waals surface area contributed by atoms with E-state index < -0.39 is 0 Å². The molecule has 4 heteroatoms. The Morgan fingerprint density at radius 3 is 2.37 bits per heavy atom. The average molecular weight is 473 g/mol. The molecule has 1 atom stereocenters. The molecule has 0 aliphatic rings. The molecule has 0 radical (unpaired) electrons. The Morgan fingerprint density at radius 2 is 1.69 bits per heavy atom. The van der Waals surface area contributed by atoms with Crippen molar-refractivity contribution in [2.24, 2.45) is 0 Å². The first-order chi connectivity index (χ1) is 17.1. The summed E-state index contributed by atoms with van der Waals surface area (Å²) in [7, 11) is 0. The first kappa shape index (κ1) is 26.5. The normalized spacial score (nSPS) is 12.2. The highest BCUT2D eigenvalue weighted by Gasteiger charge is 2.06. The molecule has 1 heterocycles. The molecule has 0 aliphatic heterocycles. The number of halogens is 1. The lowest BCUT2D eigenvalue weighted by Gasteiger charge is -2.11. The van der Waals surface area contributed by atoms with Gasteiger partial charge in [0, 0.05) is 30.1 Å². The number of ether oxygens (including phenoxy) is 1. The molecular formula is C31H37FN2O. The van der Waals surface area contributed by atoms with Crippen LogP contribution in [-0.4, -0.2) is 22.7 Å². The first-order valence-corrected chi connectivity index (χ1v) is 12.7. The lowest BCUT2D eigenvalue weighted by Crippen LogP contribution is -2.08. The molecule has 0 saturated carbocycles. The van der Waals surface area contributed by atoms with Crippen LogP contribution in [0.3, 0.4) is 0 Å². The summed E-state index contributed by atoms with van der Waals surface area (Å²) in [4.78, 5) is 9.04. The molecule has 0 aliphatic carbocycles. The molecule has 35 heavy (non-hydrogen) atoms. The maximum Gasteiger partial charge on any atom is 0.159 e. The molecule has 1 aromatic heterocycles. The molecule has 3 rings (SSSR count). The number of nitrogens with zero attached hydrogens (tertiary/aromatic N) is 2. The van der Waals surface area contributed by atoms with E-state index in [0.29, 0.717) is 23.9 Å². The highest BCUT2D eigenvalue weighted by molar-refractivity contribution is 5.68. The molecule has 0 spiro atoms. The summed E-state index contributed by atoms with van der Waals surface area (Å²) in [5, 5.41) is 0. The van der Waals surface area contributed by atoms with Gasteiger partial charge >= 0.3 is 0 Å². The van der Waals surface area contributed by atoms with E-state index in [1.807, 2.05) is 48.8 Å². The molecule has 1 unspecified atom stereocenters. The fourth-order valence-corrected chi connectivity index (χ4v) is 3.90. The minimum absolute atomic E-state index is 0.205. The fraction of sp³-hybridized carbons (Fsp3) is 0.355. The van der Waals surface area contributed by atoms with Crippen LogP contribution in [0.15, 0.2) is 73.6 Å². The van der Waals surface area contributed by atoms with E-state index in [9.17, 15) is 4.39 Å². The van der Waals surface area contributed by atoms with Gasteiger partial charge in [0.1, 0.15) is 5.82 Å². The summed E-state index contributed by atoms with van der Waals surface area (Å²) in [6, 6.07) is 13.2. The topological polar surface area (TPSA) is 35.0 Å². The van der Waals surface area contributed by atoms with Gasteiger partial charge in [0.2, 0.25) is 0 Å². The van der Waals surface area contributed by atoms with Crippen LogP contribution in [0, 0.1) is 5.82 Å². The van der Waals surface area contributed by atoms with Crippen molar-refractivity contribution >= 4 is 6.08 Å². The Morgan fingerprint density at radius 1 is 0.971 bits per heavy atom. The van der Waals surface area contributed by atoms with Crippen molar-refractivity contribution in [3.63, 3.8) is 0 Å². The third kappa shape index (κ3) is 8.56. The fourth-order valence-electron chi connectivity index (χ4n) is 3.90. The number of benzene rings is 2. The zero-order valence-corrected chi connectivity index (χ0v) is 21.1. The van der Waals surface area contributed by atoms with Crippen LogP contribution in [0.1, 0.15) is 63.5 Å². The van der Waals surface area contributed by atoms with Gasteiger partial charge in [0.05, 0.1) is 6.10 Å². The minimum Gasteiger partial charge on any atom is -0.379 e. The van der Waals surface area contributed by atoms with Crippen molar-refractivity contribution in [2.75, 3.05) is 6.61 Å². The van der Waals surface area contributed by atoms with Gasteiger partial charge in [-0.1, -0.05) is 74.4 Å². The van der Waals surface area contributed by atoms with Crippen LogP contribution in [0.4, 0.5) is 4.39 Å². The molecule has 0 amide bonds. The summed E-state index contributed by atoms with van der Waals surface area (Å²) in [5.74, 6) is 0.471. The number of aromatic nitrogens is 2. The maximum absolute atomic E-state index is 14.3. The van der Waals surface area contributed by atoms with Gasteiger partial charge < -0.3 is 4.74 Å². The molecule has 3 aromatic rings. The van der Waals surface area contributed by atoms with Crippen LogP contribution in [0.2, 0.25) is 0 Å². The van der Waals surface area contributed by atoms with Crippen molar-refractivity contribution in [1.82, 2.24) is 9.97 Å². The van der Waals surface area contributed by atoms with Crippen LogP contribution >= 0.6 is 0 Å². The van der Waals surface area contributed by atoms with E-state index in [4.69, 9.17) is 4.74 Å². The van der Waals surface area contributed by atoms with Crippen LogP contribution in [0.5, 0.6) is 0 Å². The summed E-state index contributed by atoms with van der Waals surface area (Å²) in [5.41, 5.74) is 4.38. The molecule has 0 N–H and O–H groups in total. The third-order valence-electron chi connectivity index (χ3n) is 6.01. The Labute approximate surface area is 209 Å². The summed E-state index contributed by atoms with van der Waals surface area (Å²) in [6.07, 6.45) is 17.3. The molecule has 0 fully saturated rings. The lowest BCUT2D eigenvalue weighted by molar-refractivity contribution is 0.0566. The number of hydrogen-bond donors (Lipinski definition) is 0. The average Bonchev–Trinajstić information content (AvgIpc) is 2.88. The Hall–Kier alpha value is -3.11. The highest BCUT2D eigenvalue weighted by Crippen LogP contribution is 2.25. The van der Waals surface area contributed by atoms with Gasteiger partial charge in [-0.3, -0.25) is 0 Å². The molecule has 3 nitrogen and oxygen atoms in total. The maximum atomic E-state index is 14.3. The van der Waals surface area contributed by atoms with Gasteiger partial charge in [-0.05, 0) is 61.8 Å². The van der Waals surface area contributed by atoms with Gasteiger partial charge in [-0.15, -0.1) is 6.58 Å². The number of unbranched alkanes of at least 4 members (excludes halogenated alkanes) is 3. The summed E-state index contributed by atoms with van der Waals surface area (Å²) >= 11 is 0. The Balaban J connectivity index is 1.49. The van der Waals surface area contributed by atoms with E-state index in [1.54, 1.807) is 12.1 Å². The standard InChI is InChI=1S/C31H37FN2O/c1-4-6-10-20-35-24(3)12-8-7-9-13-25-22-33-31(34-23-25)28-17-14-26(15-18-28)29-19-16-27(11-5-2)30(32)21-29/h5,9,13-19,21-24H,2,4,6-8,10-12,20H2,1,3H3/b13-9+. The zero-order chi connectivity index (χ0) is 24.9.